The normalized spacial score (nSPS) is 10.1. The number of ether oxygens (including phenoxy) is 2. The Morgan fingerprint density at radius 1 is 1.11 bits per heavy atom. The minimum atomic E-state index is -0.0186. The third-order valence-corrected chi connectivity index (χ3v) is 2.53. The molecule has 4 nitrogen and oxygen atoms in total. The summed E-state index contributed by atoms with van der Waals surface area (Å²) in [5, 5.41) is 9.05. The van der Waals surface area contributed by atoms with E-state index < -0.39 is 0 Å². The second-order valence-corrected chi connectivity index (χ2v) is 3.81. The molecule has 0 aromatic heterocycles. The fraction of sp³-hybridized carbons (Fsp3) is 0.143. The summed E-state index contributed by atoms with van der Waals surface area (Å²) in [5.41, 5.74) is 7.16. The maximum atomic E-state index is 9.05. The van der Waals surface area contributed by atoms with E-state index in [-0.39, 0.29) is 6.61 Å². The van der Waals surface area contributed by atoms with Crippen LogP contribution in [0.3, 0.4) is 0 Å². The molecule has 0 amide bonds. The van der Waals surface area contributed by atoms with Crippen LogP contribution in [0.25, 0.3) is 0 Å². The molecule has 0 aliphatic heterocycles. The Morgan fingerprint density at radius 2 is 1.94 bits per heavy atom. The van der Waals surface area contributed by atoms with Crippen LogP contribution in [0.4, 0.5) is 5.69 Å². The molecule has 18 heavy (non-hydrogen) atoms. The van der Waals surface area contributed by atoms with Gasteiger partial charge in [0.05, 0.1) is 19.4 Å². The first-order valence-electron chi connectivity index (χ1n) is 5.54. The zero-order chi connectivity index (χ0) is 13.0. The highest BCUT2D eigenvalue weighted by Crippen LogP contribution is 2.30. The Hall–Kier alpha value is -2.20. The van der Waals surface area contributed by atoms with Crippen molar-refractivity contribution in [3.05, 3.63) is 48.0 Å². The van der Waals surface area contributed by atoms with E-state index in [0.717, 1.165) is 5.56 Å². The third kappa shape index (κ3) is 2.73. The van der Waals surface area contributed by atoms with Crippen molar-refractivity contribution < 1.29 is 14.6 Å². The summed E-state index contributed by atoms with van der Waals surface area (Å²) in [7, 11) is 1.58. The highest BCUT2D eigenvalue weighted by molar-refractivity contribution is 5.57. The minimum absolute atomic E-state index is 0.0186. The first kappa shape index (κ1) is 12.3. The number of hydrogen-bond acceptors (Lipinski definition) is 4. The number of aliphatic hydroxyl groups excluding tert-OH is 1. The molecule has 0 saturated heterocycles. The molecular formula is C14H15NO3. The van der Waals surface area contributed by atoms with Crippen molar-refractivity contribution in [3.8, 4) is 17.2 Å². The summed E-state index contributed by atoms with van der Waals surface area (Å²) >= 11 is 0. The molecule has 3 N–H and O–H groups in total. The van der Waals surface area contributed by atoms with E-state index in [4.69, 9.17) is 20.3 Å². The largest absolute Gasteiger partial charge is 0.497 e. The number of benzene rings is 2. The fourth-order valence-electron chi connectivity index (χ4n) is 1.58. The Labute approximate surface area is 106 Å². The van der Waals surface area contributed by atoms with Gasteiger partial charge in [-0.05, 0) is 29.8 Å². The predicted octanol–water partition coefficient (Wildman–Crippen LogP) is 2.56. The van der Waals surface area contributed by atoms with Crippen molar-refractivity contribution in [2.45, 2.75) is 6.61 Å². The topological polar surface area (TPSA) is 64.7 Å². The third-order valence-electron chi connectivity index (χ3n) is 2.53. The standard InChI is InChI=1S/C14H15NO3/c1-17-11-5-6-14(13(15)8-11)18-12-4-2-3-10(7-12)9-16/h2-8,16H,9,15H2,1H3. The molecule has 0 heterocycles. The smallest absolute Gasteiger partial charge is 0.150 e. The summed E-state index contributed by atoms with van der Waals surface area (Å²) in [6.07, 6.45) is 0. The highest BCUT2D eigenvalue weighted by Gasteiger charge is 2.04. The summed E-state index contributed by atoms with van der Waals surface area (Å²) in [5.74, 6) is 1.88. The van der Waals surface area contributed by atoms with E-state index in [0.29, 0.717) is 22.9 Å². The van der Waals surface area contributed by atoms with E-state index in [9.17, 15) is 0 Å². The average Bonchev–Trinajstić information content (AvgIpc) is 2.41. The molecule has 0 aliphatic carbocycles. The number of anilines is 1. The van der Waals surface area contributed by atoms with Crippen LogP contribution in [0, 0.1) is 0 Å². The van der Waals surface area contributed by atoms with E-state index in [1.54, 1.807) is 31.4 Å². The number of methoxy groups -OCH3 is 1. The van der Waals surface area contributed by atoms with E-state index in [2.05, 4.69) is 0 Å². The van der Waals surface area contributed by atoms with Gasteiger partial charge in [-0.15, -0.1) is 0 Å². The quantitative estimate of drug-likeness (QED) is 0.812. The van der Waals surface area contributed by atoms with Crippen LogP contribution in [-0.2, 0) is 6.61 Å². The molecule has 94 valence electrons. The Morgan fingerprint density at radius 3 is 2.61 bits per heavy atom. The molecule has 2 rings (SSSR count). The van der Waals surface area contributed by atoms with Crippen molar-refractivity contribution in [1.82, 2.24) is 0 Å². The molecule has 0 spiro atoms. The van der Waals surface area contributed by atoms with Crippen LogP contribution in [0.15, 0.2) is 42.5 Å². The van der Waals surface area contributed by atoms with Gasteiger partial charge in [-0.1, -0.05) is 12.1 Å². The van der Waals surface area contributed by atoms with Crippen molar-refractivity contribution >= 4 is 5.69 Å². The minimum Gasteiger partial charge on any atom is -0.497 e. The van der Waals surface area contributed by atoms with Gasteiger partial charge >= 0.3 is 0 Å². The molecule has 0 fully saturated rings. The lowest BCUT2D eigenvalue weighted by molar-refractivity contribution is 0.281. The molecule has 0 bridgehead atoms. The number of rotatable bonds is 4. The van der Waals surface area contributed by atoms with Crippen molar-refractivity contribution in [2.75, 3.05) is 12.8 Å². The molecule has 0 atom stereocenters. The zero-order valence-electron chi connectivity index (χ0n) is 10.1. The summed E-state index contributed by atoms with van der Waals surface area (Å²) < 4.78 is 10.7. The number of nitrogen functional groups attached to an aromatic ring is 1. The van der Waals surface area contributed by atoms with Crippen LogP contribution in [0.1, 0.15) is 5.56 Å². The van der Waals surface area contributed by atoms with Crippen molar-refractivity contribution in [1.29, 1.82) is 0 Å². The Balaban J connectivity index is 2.22. The predicted molar refractivity (Wildman–Crippen MR) is 69.8 cm³/mol. The average molecular weight is 245 g/mol. The molecule has 0 aliphatic rings. The number of hydrogen-bond donors (Lipinski definition) is 2. The summed E-state index contributed by atoms with van der Waals surface area (Å²) in [4.78, 5) is 0. The van der Waals surface area contributed by atoms with Crippen LogP contribution in [0.5, 0.6) is 17.2 Å². The van der Waals surface area contributed by atoms with Gasteiger partial charge in [0.25, 0.3) is 0 Å². The molecule has 0 radical (unpaired) electrons. The van der Waals surface area contributed by atoms with Gasteiger partial charge < -0.3 is 20.3 Å². The van der Waals surface area contributed by atoms with Gasteiger partial charge in [-0.2, -0.15) is 0 Å². The highest BCUT2D eigenvalue weighted by atomic mass is 16.5. The van der Waals surface area contributed by atoms with Gasteiger partial charge in [0.1, 0.15) is 11.5 Å². The number of aliphatic hydroxyl groups is 1. The van der Waals surface area contributed by atoms with Crippen molar-refractivity contribution in [2.24, 2.45) is 0 Å². The molecule has 2 aromatic rings. The monoisotopic (exact) mass is 245 g/mol. The fourth-order valence-corrected chi connectivity index (χ4v) is 1.58. The molecule has 4 heteroatoms. The van der Waals surface area contributed by atoms with Gasteiger partial charge in [0, 0.05) is 6.07 Å². The maximum Gasteiger partial charge on any atom is 0.150 e. The Bertz CT molecular complexity index is 540. The Kier molecular flexibility index (Phi) is 3.69. The first-order valence-corrected chi connectivity index (χ1v) is 5.54. The second kappa shape index (κ2) is 5.42. The lowest BCUT2D eigenvalue weighted by Crippen LogP contribution is -1.94. The first-order chi connectivity index (χ1) is 8.72. The van der Waals surface area contributed by atoms with E-state index in [1.165, 1.54) is 0 Å². The van der Waals surface area contributed by atoms with Gasteiger partial charge in [0.2, 0.25) is 0 Å². The van der Waals surface area contributed by atoms with E-state index >= 15 is 0 Å². The van der Waals surface area contributed by atoms with Gasteiger partial charge in [-0.25, -0.2) is 0 Å². The van der Waals surface area contributed by atoms with Crippen LogP contribution < -0.4 is 15.2 Å². The molecule has 2 aromatic carbocycles. The van der Waals surface area contributed by atoms with Gasteiger partial charge in [0.15, 0.2) is 5.75 Å². The van der Waals surface area contributed by atoms with E-state index in [1.807, 2.05) is 18.2 Å². The SMILES string of the molecule is COc1ccc(Oc2cccc(CO)c2)c(N)c1. The lowest BCUT2D eigenvalue weighted by Gasteiger charge is -2.10. The molecule has 0 saturated carbocycles. The zero-order valence-corrected chi connectivity index (χ0v) is 10.1. The summed E-state index contributed by atoms with van der Waals surface area (Å²) in [6.45, 7) is -0.0186. The summed E-state index contributed by atoms with van der Waals surface area (Å²) in [6, 6.07) is 12.4. The van der Waals surface area contributed by atoms with Crippen LogP contribution in [-0.4, -0.2) is 12.2 Å². The van der Waals surface area contributed by atoms with Crippen LogP contribution >= 0.6 is 0 Å². The van der Waals surface area contributed by atoms with Crippen molar-refractivity contribution in [3.63, 3.8) is 0 Å². The molecule has 0 unspecified atom stereocenters. The lowest BCUT2D eigenvalue weighted by atomic mass is 10.2. The van der Waals surface area contributed by atoms with Gasteiger partial charge in [-0.3, -0.25) is 0 Å². The second-order valence-electron chi connectivity index (χ2n) is 3.81. The number of nitrogens with two attached hydrogens (primary N) is 1. The maximum absolute atomic E-state index is 9.05. The van der Waals surface area contributed by atoms with Crippen LogP contribution in [0.2, 0.25) is 0 Å². The molecular weight excluding hydrogens is 230 g/mol.